The van der Waals surface area contributed by atoms with Gasteiger partial charge in [-0.15, -0.1) is 0 Å². The van der Waals surface area contributed by atoms with Crippen molar-refractivity contribution >= 4 is 17.4 Å². The summed E-state index contributed by atoms with van der Waals surface area (Å²) < 4.78 is 10.5. The Morgan fingerprint density at radius 1 is 1.00 bits per heavy atom. The van der Waals surface area contributed by atoms with E-state index in [0.717, 1.165) is 5.69 Å². The van der Waals surface area contributed by atoms with E-state index in [1.165, 1.54) is 0 Å². The van der Waals surface area contributed by atoms with Crippen LogP contribution in [0.5, 0.6) is 11.5 Å². The summed E-state index contributed by atoms with van der Waals surface area (Å²) in [4.78, 5) is 21.1. The first-order valence-corrected chi connectivity index (χ1v) is 8.33. The Morgan fingerprint density at radius 2 is 1.89 bits per heavy atom. The van der Waals surface area contributed by atoms with E-state index < -0.39 is 0 Å². The summed E-state index contributed by atoms with van der Waals surface area (Å²) in [7, 11) is 3.11. The third-order valence-electron chi connectivity index (χ3n) is 3.85. The van der Waals surface area contributed by atoms with Crippen LogP contribution in [0.15, 0.2) is 60.9 Å². The SMILES string of the molecule is COc1ccc(OC)c(NC(=O)c2ccnc(NCc3ccccn3)c2)c1. The predicted molar refractivity (Wildman–Crippen MR) is 103 cm³/mol. The second-order valence-electron chi connectivity index (χ2n) is 5.62. The molecule has 2 N–H and O–H groups in total. The van der Waals surface area contributed by atoms with E-state index in [4.69, 9.17) is 9.47 Å². The third kappa shape index (κ3) is 4.72. The van der Waals surface area contributed by atoms with Crippen molar-refractivity contribution in [3.63, 3.8) is 0 Å². The Labute approximate surface area is 157 Å². The van der Waals surface area contributed by atoms with Gasteiger partial charge in [-0.1, -0.05) is 6.07 Å². The number of pyridine rings is 2. The summed E-state index contributed by atoms with van der Waals surface area (Å²) in [6.07, 6.45) is 3.31. The number of anilines is 2. The lowest BCUT2D eigenvalue weighted by atomic mass is 10.2. The molecule has 0 aliphatic carbocycles. The van der Waals surface area contributed by atoms with Crippen LogP contribution in [0.4, 0.5) is 11.5 Å². The van der Waals surface area contributed by atoms with Gasteiger partial charge in [-0.05, 0) is 36.4 Å². The van der Waals surface area contributed by atoms with Crippen molar-refractivity contribution in [1.29, 1.82) is 0 Å². The quantitative estimate of drug-likeness (QED) is 0.669. The summed E-state index contributed by atoms with van der Waals surface area (Å²) in [5.41, 5.74) is 1.88. The minimum absolute atomic E-state index is 0.273. The number of benzene rings is 1. The number of methoxy groups -OCH3 is 2. The van der Waals surface area contributed by atoms with Gasteiger partial charge in [-0.25, -0.2) is 4.98 Å². The Hall–Kier alpha value is -3.61. The Bertz CT molecular complexity index is 916. The molecule has 138 valence electrons. The Kier molecular flexibility index (Phi) is 5.84. The zero-order valence-electron chi connectivity index (χ0n) is 15.1. The number of carbonyl (C=O) groups is 1. The largest absolute Gasteiger partial charge is 0.497 e. The van der Waals surface area contributed by atoms with E-state index in [2.05, 4.69) is 20.6 Å². The minimum atomic E-state index is -0.273. The average Bonchev–Trinajstić information content (AvgIpc) is 2.73. The fourth-order valence-electron chi connectivity index (χ4n) is 2.46. The molecule has 3 rings (SSSR count). The van der Waals surface area contributed by atoms with Crippen LogP contribution < -0.4 is 20.1 Å². The number of ether oxygens (including phenoxy) is 2. The number of nitrogens with one attached hydrogen (secondary N) is 2. The molecule has 3 aromatic rings. The van der Waals surface area contributed by atoms with Crippen LogP contribution in [-0.4, -0.2) is 30.1 Å². The minimum Gasteiger partial charge on any atom is -0.497 e. The number of aromatic nitrogens is 2. The maximum absolute atomic E-state index is 12.6. The second-order valence-corrected chi connectivity index (χ2v) is 5.62. The summed E-state index contributed by atoms with van der Waals surface area (Å²) in [5, 5.41) is 6.00. The summed E-state index contributed by atoms with van der Waals surface area (Å²) >= 11 is 0. The van der Waals surface area contributed by atoms with Crippen LogP contribution in [0.2, 0.25) is 0 Å². The van der Waals surface area contributed by atoms with Gasteiger partial charge in [0.25, 0.3) is 5.91 Å². The molecular weight excluding hydrogens is 344 g/mol. The molecule has 0 unspecified atom stereocenters. The smallest absolute Gasteiger partial charge is 0.255 e. The third-order valence-corrected chi connectivity index (χ3v) is 3.85. The molecule has 0 bridgehead atoms. The molecule has 0 aliphatic heterocycles. The fourth-order valence-corrected chi connectivity index (χ4v) is 2.46. The molecular formula is C20H20N4O3. The lowest BCUT2D eigenvalue weighted by molar-refractivity contribution is 0.102. The van der Waals surface area contributed by atoms with Crippen molar-refractivity contribution in [3.8, 4) is 11.5 Å². The van der Waals surface area contributed by atoms with E-state index in [0.29, 0.717) is 35.1 Å². The average molecular weight is 364 g/mol. The first kappa shape index (κ1) is 18.2. The van der Waals surface area contributed by atoms with Crippen molar-refractivity contribution in [2.45, 2.75) is 6.54 Å². The van der Waals surface area contributed by atoms with Crippen molar-refractivity contribution in [2.75, 3.05) is 24.9 Å². The standard InChI is InChI=1S/C20H20N4O3/c1-26-16-6-7-18(27-2)17(12-16)24-20(25)14-8-10-22-19(11-14)23-13-15-5-3-4-9-21-15/h3-12H,13H2,1-2H3,(H,22,23)(H,24,25). The molecule has 2 aromatic heterocycles. The molecule has 7 nitrogen and oxygen atoms in total. The lowest BCUT2D eigenvalue weighted by Gasteiger charge is -2.12. The van der Waals surface area contributed by atoms with Crippen LogP contribution in [0.1, 0.15) is 16.1 Å². The first-order chi connectivity index (χ1) is 13.2. The van der Waals surface area contributed by atoms with E-state index in [1.807, 2.05) is 18.2 Å². The predicted octanol–water partition coefficient (Wildman–Crippen LogP) is 3.36. The molecule has 1 aromatic carbocycles. The molecule has 0 fully saturated rings. The Morgan fingerprint density at radius 3 is 2.63 bits per heavy atom. The molecule has 0 atom stereocenters. The van der Waals surface area contributed by atoms with Gasteiger partial charge in [-0.2, -0.15) is 0 Å². The van der Waals surface area contributed by atoms with Gasteiger partial charge in [0.15, 0.2) is 0 Å². The lowest BCUT2D eigenvalue weighted by Crippen LogP contribution is -2.13. The highest BCUT2D eigenvalue weighted by molar-refractivity contribution is 6.05. The zero-order valence-corrected chi connectivity index (χ0v) is 15.1. The number of rotatable bonds is 7. The number of hydrogen-bond acceptors (Lipinski definition) is 6. The van der Waals surface area contributed by atoms with E-state index in [1.54, 1.807) is 56.9 Å². The van der Waals surface area contributed by atoms with Crippen molar-refractivity contribution in [2.24, 2.45) is 0 Å². The molecule has 0 spiro atoms. The molecule has 0 aliphatic rings. The van der Waals surface area contributed by atoms with Crippen molar-refractivity contribution in [3.05, 3.63) is 72.2 Å². The summed E-state index contributed by atoms with van der Waals surface area (Å²) in [6.45, 7) is 0.516. The van der Waals surface area contributed by atoms with E-state index in [-0.39, 0.29) is 5.91 Å². The molecule has 2 heterocycles. The number of nitrogens with zero attached hydrogens (tertiary/aromatic N) is 2. The van der Waals surface area contributed by atoms with Gasteiger partial charge in [0.2, 0.25) is 0 Å². The van der Waals surface area contributed by atoms with Gasteiger partial charge in [0.1, 0.15) is 17.3 Å². The molecule has 0 radical (unpaired) electrons. The number of carbonyl (C=O) groups excluding carboxylic acids is 1. The number of amides is 1. The number of hydrogen-bond donors (Lipinski definition) is 2. The normalized spacial score (nSPS) is 10.1. The first-order valence-electron chi connectivity index (χ1n) is 8.33. The van der Waals surface area contributed by atoms with Crippen LogP contribution in [0.3, 0.4) is 0 Å². The molecule has 7 heteroatoms. The maximum Gasteiger partial charge on any atom is 0.255 e. The highest BCUT2D eigenvalue weighted by Crippen LogP contribution is 2.29. The van der Waals surface area contributed by atoms with Crippen molar-refractivity contribution < 1.29 is 14.3 Å². The van der Waals surface area contributed by atoms with Gasteiger partial charge < -0.3 is 20.1 Å². The van der Waals surface area contributed by atoms with E-state index in [9.17, 15) is 4.79 Å². The Balaban J connectivity index is 1.72. The molecule has 0 saturated heterocycles. The topological polar surface area (TPSA) is 85.4 Å². The van der Waals surface area contributed by atoms with Gasteiger partial charge in [0, 0.05) is 24.0 Å². The van der Waals surface area contributed by atoms with Crippen LogP contribution >= 0.6 is 0 Å². The second kappa shape index (κ2) is 8.66. The highest BCUT2D eigenvalue weighted by atomic mass is 16.5. The molecule has 0 saturated carbocycles. The fraction of sp³-hybridized carbons (Fsp3) is 0.150. The summed E-state index contributed by atoms with van der Waals surface area (Å²) in [5.74, 6) is 1.49. The van der Waals surface area contributed by atoms with Crippen LogP contribution in [0, 0.1) is 0 Å². The van der Waals surface area contributed by atoms with Gasteiger partial charge >= 0.3 is 0 Å². The van der Waals surface area contributed by atoms with Gasteiger partial charge in [-0.3, -0.25) is 9.78 Å². The van der Waals surface area contributed by atoms with E-state index >= 15 is 0 Å². The summed E-state index contributed by atoms with van der Waals surface area (Å²) in [6, 6.07) is 14.2. The zero-order chi connectivity index (χ0) is 19.1. The highest BCUT2D eigenvalue weighted by Gasteiger charge is 2.12. The monoisotopic (exact) mass is 364 g/mol. The van der Waals surface area contributed by atoms with Crippen molar-refractivity contribution in [1.82, 2.24) is 9.97 Å². The maximum atomic E-state index is 12.6. The van der Waals surface area contributed by atoms with Crippen LogP contribution in [0.25, 0.3) is 0 Å². The van der Waals surface area contributed by atoms with Gasteiger partial charge in [0.05, 0.1) is 32.1 Å². The molecule has 27 heavy (non-hydrogen) atoms. The van der Waals surface area contributed by atoms with Crippen LogP contribution in [-0.2, 0) is 6.54 Å². The molecule has 1 amide bonds.